The number of fused-ring (bicyclic) bond motifs is 6. The van der Waals surface area contributed by atoms with Gasteiger partial charge in [-0.3, -0.25) is 0 Å². The lowest BCUT2D eigenvalue weighted by Crippen LogP contribution is -2.01. The molecule has 0 bridgehead atoms. The molecule has 13 aromatic rings. The molecule has 0 spiro atoms. The van der Waals surface area contributed by atoms with Gasteiger partial charge in [-0.15, -0.1) is 0 Å². The van der Waals surface area contributed by atoms with Crippen molar-refractivity contribution in [2.45, 2.75) is 0 Å². The number of para-hydroxylation sites is 2. The second kappa shape index (κ2) is 16.4. The summed E-state index contributed by atoms with van der Waals surface area (Å²) in [6, 6.07) is 85.3. The molecule has 0 aliphatic heterocycles. The van der Waals surface area contributed by atoms with Crippen LogP contribution in [0.15, 0.2) is 247 Å². The van der Waals surface area contributed by atoms with Crippen LogP contribution in [0.25, 0.3) is 128 Å². The molecule has 10 aromatic carbocycles. The van der Waals surface area contributed by atoms with E-state index in [0.29, 0.717) is 17.5 Å². The van der Waals surface area contributed by atoms with Gasteiger partial charge in [-0.05, 0) is 105 Å². The molecule has 0 amide bonds. The highest BCUT2D eigenvalue weighted by molar-refractivity contribution is 6.18. The number of hydrogen-bond donors (Lipinski definition) is 0. The van der Waals surface area contributed by atoms with E-state index in [0.717, 1.165) is 99.9 Å². The van der Waals surface area contributed by atoms with Crippen LogP contribution in [0.3, 0.4) is 0 Å². The lowest BCUT2D eigenvalue weighted by Gasteiger charge is -2.16. The van der Waals surface area contributed by atoms with Crippen molar-refractivity contribution in [1.29, 1.82) is 0 Å². The number of rotatable bonds is 8. The Morgan fingerprint density at radius 2 is 0.765 bits per heavy atom. The summed E-state index contributed by atoms with van der Waals surface area (Å²) in [7, 11) is 0. The second-order valence-electron chi connectivity index (χ2n) is 17.2. The summed E-state index contributed by atoms with van der Waals surface area (Å²) in [4.78, 5) is 15.7. The molecule has 68 heavy (non-hydrogen) atoms. The molecule has 0 aliphatic rings. The Labute approximate surface area is 392 Å². The van der Waals surface area contributed by atoms with Gasteiger partial charge < -0.3 is 8.98 Å². The van der Waals surface area contributed by atoms with Crippen molar-refractivity contribution in [3.63, 3.8) is 0 Å². The third-order valence-corrected chi connectivity index (χ3v) is 13.0. The molecular formula is C63H40N4O. The van der Waals surface area contributed by atoms with E-state index < -0.39 is 0 Å². The van der Waals surface area contributed by atoms with Crippen LogP contribution in [0.5, 0.6) is 0 Å². The molecule has 5 heteroatoms. The van der Waals surface area contributed by atoms with Gasteiger partial charge in [-0.2, -0.15) is 0 Å². The molecule has 0 saturated carbocycles. The largest absolute Gasteiger partial charge is 0.456 e. The van der Waals surface area contributed by atoms with Gasteiger partial charge in [0.25, 0.3) is 0 Å². The Kier molecular flexibility index (Phi) is 9.43. The van der Waals surface area contributed by atoms with Crippen LogP contribution in [0, 0.1) is 0 Å². The first-order chi connectivity index (χ1) is 33.7. The number of nitrogens with zero attached hydrogens (tertiary/aromatic N) is 4. The van der Waals surface area contributed by atoms with Gasteiger partial charge in [0, 0.05) is 50.0 Å². The average Bonchev–Trinajstić information content (AvgIpc) is 3.95. The zero-order chi connectivity index (χ0) is 45.0. The van der Waals surface area contributed by atoms with Crippen LogP contribution in [-0.2, 0) is 0 Å². The van der Waals surface area contributed by atoms with Crippen LogP contribution < -0.4 is 0 Å². The highest BCUT2D eigenvalue weighted by Crippen LogP contribution is 2.43. The molecule has 0 atom stereocenters. The lowest BCUT2D eigenvalue weighted by molar-refractivity contribution is 0.669. The SMILES string of the molecule is c1ccc(-c2cc(-c3ccccc3)cc(-c3ccc(-c4ccc5oc6cc7c(cc6c5c4)c4ccccc4n7-c4ccccc4)c(-c4nc(-c5ccccc5)nc(-c5ccccc5)n4)c3)c2)cc1. The zero-order valence-electron chi connectivity index (χ0n) is 36.8. The summed E-state index contributed by atoms with van der Waals surface area (Å²) >= 11 is 0. The average molecular weight is 869 g/mol. The molecule has 3 aromatic heterocycles. The highest BCUT2D eigenvalue weighted by Gasteiger charge is 2.21. The fraction of sp³-hybridized carbons (Fsp3) is 0. The van der Waals surface area contributed by atoms with Crippen LogP contribution in [0.2, 0.25) is 0 Å². The van der Waals surface area contributed by atoms with E-state index in [2.05, 4.69) is 211 Å². The predicted octanol–water partition coefficient (Wildman–Crippen LogP) is 16.5. The Bertz CT molecular complexity index is 3880. The monoisotopic (exact) mass is 868 g/mol. The molecule has 0 radical (unpaired) electrons. The minimum absolute atomic E-state index is 0.588. The van der Waals surface area contributed by atoms with Gasteiger partial charge in [-0.1, -0.05) is 176 Å². The minimum atomic E-state index is 0.588. The Balaban J connectivity index is 1.04. The van der Waals surface area contributed by atoms with Crippen molar-refractivity contribution in [1.82, 2.24) is 19.5 Å². The molecular weight excluding hydrogens is 829 g/mol. The number of aromatic nitrogens is 4. The molecule has 0 saturated heterocycles. The topological polar surface area (TPSA) is 56.7 Å². The normalized spacial score (nSPS) is 11.5. The van der Waals surface area contributed by atoms with E-state index in [-0.39, 0.29) is 0 Å². The third kappa shape index (κ3) is 6.93. The summed E-state index contributed by atoms with van der Waals surface area (Å²) in [5, 5.41) is 4.48. The fourth-order valence-electron chi connectivity index (χ4n) is 9.74. The maximum Gasteiger partial charge on any atom is 0.164 e. The van der Waals surface area contributed by atoms with E-state index in [4.69, 9.17) is 19.4 Å². The highest BCUT2D eigenvalue weighted by atomic mass is 16.3. The zero-order valence-corrected chi connectivity index (χ0v) is 36.8. The quantitative estimate of drug-likeness (QED) is 0.153. The van der Waals surface area contributed by atoms with Crippen LogP contribution in [0.1, 0.15) is 0 Å². The predicted molar refractivity (Wildman–Crippen MR) is 279 cm³/mol. The van der Waals surface area contributed by atoms with Crippen LogP contribution in [0.4, 0.5) is 0 Å². The Morgan fingerprint density at radius 1 is 0.265 bits per heavy atom. The summed E-state index contributed by atoms with van der Waals surface area (Å²) in [6.45, 7) is 0. The van der Waals surface area contributed by atoms with Gasteiger partial charge in [0.2, 0.25) is 0 Å². The molecule has 5 nitrogen and oxygen atoms in total. The number of hydrogen-bond acceptors (Lipinski definition) is 4. The van der Waals surface area contributed by atoms with Crippen molar-refractivity contribution in [2.24, 2.45) is 0 Å². The van der Waals surface area contributed by atoms with Gasteiger partial charge in [0.05, 0.1) is 11.0 Å². The van der Waals surface area contributed by atoms with Crippen molar-refractivity contribution in [2.75, 3.05) is 0 Å². The number of furan rings is 1. The molecule has 13 rings (SSSR count). The van der Waals surface area contributed by atoms with E-state index in [9.17, 15) is 0 Å². The van der Waals surface area contributed by atoms with E-state index in [1.807, 2.05) is 36.4 Å². The molecule has 3 heterocycles. The summed E-state index contributed by atoms with van der Waals surface area (Å²) in [6.07, 6.45) is 0. The molecule has 318 valence electrons. The maximum absolute atomic E-state index is 6.71. The van der Waals surface area contributed by atoms with Gasteiger partial charge in [0.15, 0.2) is 17.5 Å². The third-order valence-electron chi connectivity index (χ3n) is 13.0. The van der Waals surface area contributed by atoms with Crippen molar-refractivity contribution in [3.05, 3.63) is 243 Å². The van der Waals surface area contributed by atoms with Crippen molar-refractivity contribution >= 4 is 43.7 Å². The van der Waals surface area contributed by atoms with Gasteiger partial charge in [-0.25, -0.2) is 15.0 Å². The van der Waals surface area contributed by atoms with E-state index >= 15 is 0 Å². The van der Waals surface area contributed by atoms with Crippen molar-refractivity contribution in [3.8, 4) is 84.4 Å². The second-order valence-corrected chi connectivity index (χ2v) is 17.2. The summed E-state index contributed by atoms with van der Waals surface area (Å²) in [5.74, 6) is 1.81. The smallest absolute Gasteiger partial charge is 0.164 e. The molecule has 0 N–H and O–H groups in total. The standard InChI is InChI=1S/C63H40N4O/c1-6-18-41(19-7-1)47-34-48(42-20-8-2-9-21-42)36-49(35-47)45-30-32-51(56(37-45)63-65-61(43-22-10-3-11-23-43)64-62(66-63)44-24-12-4-13-25-44)46-31-33-59-54(38-46)55-39-53-52-28-16-17-29-57(52)67(50-26-14-5-15-27-50)58(53)40-60(55)68-59/h1-40H. The van der Waals surface area contributed by atoms with Gasteiger partial charge in [0.1, 0.15) is 11.2 Å². The van der Waals surface area contributed by atoms with Crippen LogP contribution in [-0.4, -0.2) is 19.5 Å². The lowest BCUT2D eigenvalue weighted by atomic mass is 9.90. The van der Waals surface area contributed by atoms with Crippen LogP contribution >= 0.6 is 0 Å². The van der Waals surface area contributed by atoms with E-state index in [1.54, 1.807) is 0 Å². The first kappa shape index (κ1) is 39.2. The first-order valence-electron chi connectivity index (χ1n) is 22.9. The van der Waals surface area contributed by atoms with E-state index in [1.165, 1.54) is 10.8 Å². The van der Waals surface area contributed by atoms with Crippen molar-refractivity contribution < 1.29 is 4.42 Å². The minimum Gasteiger partial charge on any atom is -0.456 e. The number of benzene rings is 10. The molecule has 0 aliphatic carbocycles. The fourth-order valence-corrected chi connectivity index (χ4v) is 9.74. The summed E-state index contributed by atoms with van der Waals surface area (Å²) < 4.78 is 9.04. The first-order valence-corrected chi connectivity index (χ1v) is 22.9. The maximum atomic E-state index is 6.71. The molecule has 0 unspecified atom stereocenters. The molecule has 0 fully saturated rings. The Morgan fingerprint density at radius 3 is 1.38 bits per heavy atom. The summed E-state index contributed by atoms with van der Waals surface area (Å²) in [5.41, 5.74) is 16.5. The van der Waals surface area contributed by atoms with Gasteiger partial charge >= 0.3 is 0 Å². The Hall–Kier alpha value is -9.19.